The van der Waals surface area contributed by atoms with Gasteiger partial charge < -0.3 is 5.73 Å². The number of nitrogens with two attached hydrogens (primary N) is 1. The molecule has 0 aliphatic heterocycles. The van der Waals surface area contributed by atoms with Gasteiger partial charge in [-0.1, -0.05) is 12.2 Å². The molecule has 2 rings (SSSR count). The maximum atomic E-state index is 5.51. The lowest BCUT2D eigenvalue weighted by Crippen LogP contribution is -2.10. The summed E-state index contributed by atoms with van der Waals surface area (Å²) in [6.07, 6.45) is 4.13. The van der Waals surface area contributed by atoms with E-state index in [1.54, 1.807) is 17.5 Å². The van der Waals surface area contributed by atoms with Crippen LogP contribution in [-0.2, 0) is 6.42 Å². The van der Waals surface area contributed by atoms with Crippen molar-refractivity contribution in [3.8, 4) is 11.3 Å². The van der Waals surface area contributed by atoms with Crippen LogP contribution in [0.25, 0.3) is 11.3 Å². The molecule has 0 bridgehead atoms. The van der Waals surface area contributed by atoms with Crippen LogP contribution in [0, 0.1) is 6.92 Å². The molecule has 16 heavy (non-hydrogen) atoms. The van der Waals surface area contributed by atoms with Crippen LogP contribution in [0.1, 0.15) is 9.88 Å². The van der Waals surface area contributed by atoms with Crippen LogP contribution in [0.5, 0.6) is 0 Å². The summed E-state index contributed by atoms with van der Waals surface area (Å²) in [5.74, 6) is 0. The van der Waals surface area contributed by atoms with Gasteiger partial charge in [-0.25, -0.2) is 4.98 Å². The van der Waals surface area contributed by atoms with Crippen LogP contribution in [0.2, 0.25) is 0 Å². The largest absolute Gasteiger partial charge is 0.393 e. The van der Waals surface area contributed by atoms with Gasteiger partial charge in [0.05, 0.1) is 10.7 Å². The summed E-state index contributed by atoms with van der Waals surface area (Å²) in [5, 5.41) is 0.962. The first kappa shape index (κ1) is 11.2. The van der Waals surface area contributed by atoms with Gasteiger partial charge in [-0.3, -0.25) is 4.98 Å². The number of aromatic nitrogens is 2. The second-order valence-corrected chi connectivity index (χ2v) is 5.21. The third-order valence-corrected chi connectivity index (χ3v) is 3.22. The smallest absolute Gasteiger partial charge is 0.100 e. The number of thiazole rings is 1. The van der Waals surface area contributed by atoms with E-state index in [1.807, 2.05) is 25.3 Å². The van der Waals surface area contributed by atoms with Gasteiger partial charge in [-0.2, -0.15) is 0 Å². The highest BCUT2D eigenvalue weighted by molar-refractivity contribution is 7.80. The molecule has 2 N–H and O–H groups in total. The summed E-state index contributed by atoms with van der Waals surface area (Å²) in [6.45, 7) is 2.04. The predicted molar refractivity (Wildman–Crippen MR) is 70.6 cm³/mol. The molecule has 0 aromatic carbocycles. The molecule has 0 radical (unpaired) electrons. The third kappa shape index (κ3) is 2.43. The number of thiocarbonyl (C=S) groups is 1. The molecule has 0 atom stereocenters. The quantitative estimate of drug-likeness (QED) is 0.848. The average molecular weight is 249 g/mol. The molecule has 5 heteroatoms. The van der Waals surface area contributed by atoms with Crippen molar-refractivity contribution in [2.45, 2.75) is 13.3 Å². The van der Waals surface area contributed by atoms with Crippen molar-refractivity contribution in [3.63, 3.8) is 0 Å². The summed E-state index contributed by atoms with van der Waals surface area (Å²) in [7, 11) is 0. The average Bonchev–Trinajstić information content (AvgIpc) is 2.60. The predicted octanol–water partition coefficient (Wildman–Crippen LogP) is 2.34. The number of rotatable bonds is 3. The van der Waals surface area contributed by atoms with Crippen molar-refractivity contribution >= 4 is 28.5 Å². The van der Waals surface area contributed by atoms with E-state index in [-0.39, 0.29) is 0 Å². The van der Waals surface area contributed by atoms with Crippen molar-refractivity contribution in [3.05, 3.63) is 34.4 Å². The van der Waals surface area contributed by atoms with Crippen molar-refractivity contribution < 1.29 is 0 Å². The van der Waals surface area contributed by atoms with Gasteiger partial charge in [-0.15, -0.1) is 11.3 Å². The van der Waals surface area contributed by atoms with Gasteiger partial charge >= 0.3 is 0 Å². The van der Waals surface area contributed by atoms with Crippen LogP contribution in [-0.4, -0.2) is 15.0 Å². The Bertz CT molecular complexity index is 505. The summed E-state index contributed by atoms with van der Waals surface area (Å²) in [6, 6.07) is 3.90. The Balaban J connectivity index is 2.36. The van der Waals surface area contributed by atoms with E-state index >= 15 is 0 Å². The minimum atomic E-state index is 0.478. The van der Waals surface area contributed by atoms with Crippen molar-refractivity contribution in [1.82, 2.24) is 9.97 Å². The molecule has 82 valence electrons. The second kappa shape index (κ2) is 4.67. The SMILES string of the molecule is Cc1sc(CC(N)=S)nc1-c1cccnc1. The van der Waals surface area contributed by atoms with Gasteiger partial charge in [0.15, 0.2) is 0 Å². The van der Waals surface area contributed by atoms with Crippen molar-refractivity contribution in [2.24, 2.45) is 5.73 Å². The van der Waals surface area contributed by atoms with E-state index in [1.165, 1.54) is 4.88 Å². The maximum Gasteiger partial charge on any atom is 0.100 e. The van der Waals surface area contributed by atoms with Crippen molar-refractivity contribution in [2.75, 3.05) is 0 Å². The Hall–Kier alpha value is -1.33. The zero-order chi connectivity index (χ0) is 11.5. The first-order valence-electron chi connectivity index (χ1n) is 4.82. The lowest BCUT2D eigenvalue weighted by molar-refractivity contribution is 1.21. The molecule has 0 saturated heterocycles. The first-order valence-corrected chi connectivity index (χ1v) is 6.04. The Morgan fingerprint density at radius 3 is 3.00 bits per heavy atom. The summed E-state index contributed by atoms with van der Waals surface area (Å²) >= 11 is 6.51. The fraction of sp³-hybridized carbons (Fsp3) is 0.182. The zero-order valence-electron chi connectivity index (χ0n) is 8.80. The van der Waals surface area contributed by atoms with E-state index in [0.29, 0.717) is 11.4 Å². The highest BCUT2D eigenvalue weighted by Crippen LogP contribution is 2.26. The molecule has 0 aliphatic rings. The molecular formula is C11H11N3S2. The number of aryl methyl sites for hydroxylation is 1. The van der Waals surface area contributed by atoms with Gasteiger partial charge in [0.2, 0.25) is 0 Å². The first-order chi connectivity index (χ1) is 7.66. The zero-order valence-corrected chi connectivity index (χ0v) is 10.4. The molecule has 0 amide bonds. The normalized spacial score (nSPS) is 10.3. The summed E-state index contributed by atoms with van der Waals surface area (Å²) in [4.78, 5) is 10.3. The van der Waals surface area contributed by atoms with Gasteiger partial charge in [0.1, 0.15) is 5.01 Å². The Morgan fingerprint density at radius 1 is 1.56 bits per heavy atom. The van der Waals surface area contributed by atoms with E-state index in [4.69, 9.17) is 18.0 Å². The minimum Gasteiger partial charge on any atom is -0.393 e. The fourth-order valence-electron chi connectivity index (χ4n) is 1.45. The summed E-state index contributed by atoms with van der Waals surface area (Å²) in [5.41, 5.74) is 7.52. The lowest BCUT2D eigenvalue weighted by atomic mass is 10.2. The van der Waals surface area contributed by atoms with E-state index in [9.17, 15) is 0 Å². The lowest BCUT2D eigenvalue weighted by Gasteiger charge is -1.96. The Labute approximate surface area is 103 Å². The molecule has 0 spiro atoms. The van der Waals surface area contributed by atoms with Crippen LogP contribution >= 0.6 is 23.6 Å². The van der Waals surface area contributed by atoms with Gasteiger partial charge in [0, 0.05) is 29.3 Å². The van der Waals surface area contributed by atoms with Crippen LogP contribution < -0.4 is 5.73 Å². The number of nitrogens with zero attached hydrogens (tertiary/aromatic N) is 2. The Morgan fingerprint density at radius 2 is 2.38 bits per heavy atom. The van der Waals surface area contributed by atoms with Crippen LogP contribution in [0.15, 0.2) is 24.5 Å². The number of hydrogen-bond donors (Lipinski definition) is 1. The topological polar surface area (TPSA) is 51.8 Å². The Kier molecular flexibility index (Phi) is 3.26. The standard InChI is InChI=1S/C11H11N3S2/c1-7-11(8-3-2-4-13-6-8)14-10(16-7)5-9(12)15/h2-4,6H,5H2,1H3,(H2,12,15). The molecule has 0 fully saturated rings. The molecule has 0 unspecified atom stereocenters. The molecule has 2 aromatic heterocycles. The molecule has 0 aliphatic carbocycles. The molecule has 2 heterocycles. The van der Waals surface area contributed by atoms with E-state index in [0.717, 1.165) is 16.3 Å². The molecule has 2 aromatic rings. The molecular weight excluding hydrogens is 238 g/mol. The highest BCUT2D eigenvalue weighted by Gasteiger charge is 2.10. The molecule has 0 saturated carbocycles. The van der Waals surface area contributed by atoms with E-state index < -0.39 is 0 Å². The van der Waals surface area contributed by atoms with Crippen LogP contribution in [0.3, 0.4) is 0 Å². The third-order valence-electron chi connectivity index (χ3n) is 2.10. The van der Waals surface area contributed by atoms with Crippen LogP contribution in [0.4, 0.5) is 0 Å². The highest BCUT2D eigenvalue weighted by atomic mass is 32.1. The van der Waals surface area contributed by atoms with E-state index in [2.05, 4.69) is 9.97 Å². The summed E-state index contributed by atoms with van der Waals surface area (Å²) < 4.78 is 0. The maximum absolute atomic E-state index is 5.51. The van der Waals surface area contributed by atoms with Crippen molar-refractivity contribution in [1.29, 1.82) is 0 Å². The second-order valence-electron chi connectivity index (χ2n) is 3.40. The number of pyridine rings is 1. The number of hydrogen-bond acceptors (Lipinski definition) is 4. The fourth-order valence-corrected chi connectivity index (χ4v) is 2.65. The minimum absolute atomic E-state index is 0.478. The van der Waals surface area contributed by atoms with Gasteiger partial charge in [0.25, 0.3) is 0 Å². The molecule has 3 nitrogen and oxygen atoms in total. The van der Waals surface area contributed by atoms with Gasteiger partial charge in [-0.05, 0) is 19.1 Å². The monoisotopic (exact) mass is 249 g/mol.